The van der Waals surface area contributed by atoms with Crippen molar-refractivity contribution in [1.82, 2.24) is 0 Å². The van der Waals surface area contributed by atoms with Gasteiger partial charge in [-0.15, -0.1) is 0 Å². The first-order valence-corrected chi connectivity index (χ1v) is 17.3. The maximum atomic E-state index is 13.4. The molecule has 0 bridgehead atoms. The van der Waals surface area contributed by atoms with Crippen LogP contribution in [0.15, 0.2) is 22.8 Å². The van der Waals surface area contributed by atoms with Crippen molar-refractivity contribution in [2.75, 3.05) is 14.2 Å². The normalized spacial score (nSPS) is 46.8. The van der Waals surface area contributed by atoms with Gasteiger partial charge in [0.1, 0.15) is 29.2 Å². The zero-order valence-electron chi connectivity index (χ0n) is 29.7. The van der Waals surface area contributed by atoms with E-state index in [0.29, 0.717) is 25.7 Å². The standard InChI is InChI=1S/C37H58O9/c1-21(2)22(3)17-30(39)46-29-20-28-33(6)13-12-26(45-31-19-27(42-9)32(43-10)23(4)44-31)18-25(33)11-14-36(28,40)37(41)16-15-34(7,24(5)38)35(29,37)8/h11,23,26-29,31-32,40-41H,12-20H2,1-10H3/t23-,26+,27+,28-,29-,31+,32-,33+,34+,35-,36+,37+/m1/s1. The summed E-state index contributed by atoms with van der Waals surface area (Å²) in [6.45, 7) is 15.3. The molecule has 1 aliphatic heterocycles. The minimum absolute atomic E-state index is 0.0582. The molecular weight excluding hydrogens is 588 g/mol. The van der Waals surface area contributed by atoms with Gasteiger partial charge in [-0.2, -0.15) is 0 Å². The average molecular weight is 647 g/mol. The third-order valence-corrected chi connectivity index (χ3v) is 13.8. The minimum atomic E-state index is -1.63. The molecule has 1 saturated heterocycles. The lowest BCUT2D eigenvalue weighted by Crippen LogP contribution is -2.76. The number of hydrogen-bond acceptors (Lipinski definition) is 9. The van der Waals surface area contributed by atoms with Gasteiger partial charge in [0, 0.05) is 37.4 Å². The summed E-state index contributed by atoms with van der Waals surface area (Å²) in [5.74, 6) is -0.796. The summed E-state index contributed by atoms with van der Waals surface area (Å²) in [5.41, 5.74) is -2.49. The molecule has 12 atom stereocenters. The molecule has 3 saturated carbocycles. The number of Topliss-reactive ketones (excluding diaryl/α,β-unsaturated/α-hetero) is 1. The molecule has 1 heterocycles. The van der Waals surface area contributed by atoms with Gasteiger partial charge in [0.15, 0.2) is 6.29 Å². The van der Waals surface area contributed by atoms with Crippen LogP contribution in [0.1, 0.15) is 113 Å². The molecule has 5 aliphatic rings. The van der Waals surface area contributed by atoms with Gasteiger partial charge in [0.2, 0.25) is 0 Å². The van der Waals surface area contributed by atoms with Crippen LogP contribution in [0.2, 0.25) is 0 Å². The first-order valence-electron chi connectivity index (χ1n) is 17.3. The van der Waals surface area contributed by atoms with E-state index in [-0.39, 0.29) is 61.3 Å². The maximum Gasteiger partial charge on any atom is 0.310 e. The molecule has 5 rings (SSSR count). The minimum Gasteiger partial charge on any atom is -0.461 e. The molecular formula is C37H58O9. The summed E-state index contributed by atoms with van der Waals surface area (Å²) in [7, 11) is 3.36. The predicted octanol–water partition coefficient (Wildman–Crippen LogP) is 5.59. The Labute approximate surface area is 275 Å². The molecule has 0 aromatic heterocycles. The lowest BCUT2D eigenvalue weighted by atomic mass is 9.41. The third kappa shape index (κ3) is 5.18. The predicted molar refractivity (Wildman–Crippen MR) is 173 cm³/mol. The van der Waals surface area contributed by atoms with Gasteiger partial charge in [-0.1, -0.05) is 43.6 Å². The number of carbonyl (C=O) groups is 2. The summed E-state index contributed by atoms with van der Waals surface area (Å²) < 4.78 is 30.4. The number of aliphatic hydroxyl groups is 2. The van der Waals surface area contributed by atoms with Crippen LogP contribution in [0.25, 0.3) is 0 Å². The second-order valence-electron chi connectivity index (χ2n) is 15.9. The molecule has 4 fully saturated rings. The highest BCUT2D eigenvalue weighted by molar-refractivity contribution is 5.84. The van der Waals surface area contributed by atoms with E-state index >= 15 is 0 Å². The second-order valence-corrected chi connectivity index (χ2v) is 15.9. The van der Waals surface area contributed by atoms with E-state index in [1.165, 1.54) is 5.57 Å². The summed E-state index contributed by atoms with van der Waals surface area (Å²) in [5, 5.41) is 25.7. The molecule has 0 spiro atoms. The van der Waals surface area contributed by atoms with Crippen molar-refractivity contribution >= 4 is 11.8 Å². The topological polar surface area (TPSA) is 121 Å². The van der Waals surface area contributed by atoms with Crippen molar-refractivity contribution in [1.29, 1.82) is 0 Å². The first kappa shape index (κ1) is 35.7. The van der Waals surface area contributed by atoms with Gasteiger partial charge in [0.25, 0.3) is 0 Å². The van der Waals surface area contributed by atoms with Crippen molar-refractivity contribution < 1.29 is 43.5 Å². The van der Waals surface area contributed by atoms with Gasteiger partial charge in [-0.05, 0) is 85.0 Å². The lowest BCUT2D eigenvalue weighted by Gasteiger charge is -2.67. The van der Waals surface area contributed by atoms with Crippen LogP contribution in [0.5, 0.6) is 0 Å². The number of fused-ring (bicyclic) bond motifs is 5. The SMILES string of the molecule is CO[C@H]1[C@@H](OC)C[C@H](O[C@H]2CC[C@@]3(C)C(=CC[C@]4(O)[C@@H]3C[C@@H](OC(=O)CC(C)=C(C)C)[C@@]3(C)[C@@]4(O)CC[C@@]3(C)C(C)=O)C2)O[C@@H]1C. The molecule has 260 valence electrons. The van der Waals surface area contributed by atoms with Crippen molar-refractivity contribution in [2.24, 2.45) is 22.2 Å². The number of ether oxygens (including phenoxy) is 5. The molecule has 9 nitrogen and oxygen atoms in total. The van der Waals surface area contributed by atoms with Gasteiger partial charge in [0.05, 0.1) is 24.7 Å². The number of ketones is 1. The zero-order chi connectivity index (χ0) is 34.0. The Hall–Kier alpha value is -1.62. The van der Waals surface area contributed by atoms with Crippen molar-refractivity contribution in [3.63, 3.8) is 0 Å². The smallest absolute Gasteiger partial charge is 0.310 e. The molecule has 2 N–H and O–H groups in total. The molecule has 0 unspecified atom stereocenters. The number of carbonyl (C=O) groups excluding carboxylic acids is 2. The highest BCUT2D eigenvalue weighted by atomic mass is 16.7. The van der Waals surface area contributed by atoms with E-state index < -0.39 is 39.8 Å². The van der Waals surface area contributed by atoms with Gasteiger partial charge >= 0.3 is 5.97 Å². The number of hydrogen-bond donors (Lipinski definition) is 2. The zero-order valence-corrected chi connectivity index (χ0v) is 29.7. The summed E-state index contributed by atoms with van der Waals surface area (Å²) >= 11 is 0. The monoisotopic (exact) mass is 646 g/mol. The average Bonchev–Trinajstić information content (AvgIpc) is 3.22. The molecule has 0 radical (unpaired) electrons. The number of methoxy groups -OCH3 is 2. The number of allylic oxidation sites excluding steroid dienone is 1. The van der Waals surface area contributed by atoms with Crippen LogP contribution >= 0.6 is 0 Å². The van der Waals surface area contributed by atoms with Gasteiger partial charge < -0.3 is 33.9 Å². The fourth-order valence-electron chi connectivity index (χ4n) is 10.2. The van der Waals surface area contributed by atoms with Crippen LogP contribution in [0.4, 0.5) is 0 Å². The molecule has 9 heteroatoms. The van der Waals surface area contributed by atoms with E-state index in [4.69, 9.17) is 23.7 Å². The third-order valence-electron chi connectivity index (χ3n) is 13.8. The molecule has 0 amide bonds. The molecule has 0 aromatic rings. The largest absolute Gasteiger partial charge is 0.461 e. The Kier molecular flexibility index (Phi) is 9.59. The first-order chi connectivity index (χ1) is 21.4. The van der Waals surface area contributed by atoms with Crippen molar-refractivity contribution in [3.05, 3.63) is 22.8 Å². The summed E-state index contributed by atoms with van der Waals surface area (Å²) in [4.78, 5) is 26.8. The van der Waals surface area contributed by atoms with Crippen molar-refractivity contribution in [3.8, 4) is 0 Å². The van der Waals surface area contributed by atoms with Gasteiger partial charge in [-0.25, -0.2) is 0 Å². The molecule has 4 aliphatic carbocycles. The number of rotatable bonds is 8. The van der Waals surface area contributed by atoms with Crippen molar-refractivity contribution in [2.45, 2.75) is 161 Å². The van der Waals surface area contributed by atoms with Crippen LogP contribution in [-0.4, -0.2) is 84.2 Å². The second kappa shape index (κ2) is 12.4. The molecule has 0 aromatic carbocycles. The van der Waals surface area contributed by atoms with Crippen LogP contribution in [0.3, 0.4) is 0 Å². The summed E-state index contributed by atoms with van der Waals surface area (Å²) in [6, 6.07) is 0. The van der Waals surface area contributed by atoms with Gasteiger partial charge in [-0.3, -0.25) is 9.59 Å². The Balaban J connectivity index is 1.45. The summed E-state index contributed by atoms with van der Waals surface area (Å²) in [6.07, 6.45) is 4.68. The quantitative estimate of drug-likeness (QED) is 0.257. The lowest BCUT2D eigenvalue weighted by molar-refractivity contribution is -0.308. The van der Waals surface area contributed by atoms with E-state index in [2.05, 4.69) is 13.0 Å². The van der Waals surface area contributed by atoms with E-state index in [9.17, 15) is 19.8 Å². The highest BCUT2D eigenvalue weighted by Crippen LogP contribution is 2.73. The van der Waals surface area contributed by atoms with Crippen LogP contribution in [-0.2, 0) is 33.3 Å². The number of esters is 1. The van der Waals surface area contributed by atoms with Crippen LogP contribution < -0.4 is 0 Å². The maximum absolute atomic E-state index is 13.4. The fourth-order valence-corrected chi connectivity index (χ4v) is 10.2. The fraction of sp³-hybridized carbons (Fsp3) is 0.838. The Morgan fingerprint density at radius 3 is 2.30 bits per heavy atom. The van der Waals surface area contributed by atoms with Crippen LogP contribution in [0, 0.1) is 22.2 Å². The van der Waals surface area contributed by atoms with E-state index in [1.54, 1.807) is 21.1 Å². The Morgan fingerprint density at radius 2 is 1.70 bits per heavy atom. The van der Waals surface area contributed by atoms with E-state index in [1.807, 2.05) is 41.5 Å². The van der Waals surface area contributed by atoms with E-state index in [0.717, 1.165) is 24.0 Å². The Morgan fingerprint density at radius 1 is 1.00 bits per heavy atom. The molecule has 46 heavy (non-hydrogen) atoms. The highest BCUT2D eigenvalue weighted by Gasteiger charge is 2.80. The Bertz CT molecular complexity index is 1270.